The SMILES string of the molecule is CCCC1CCN(Cc2cc(C(=O)NN)oc2C)CC1. The van der Waals surface area contributed by atoms with Crippen molar-refractivity contribution in [2.75, 3.05) is 13.1 Å². The molecule has 1 aliphatic rings. The van der Waals surface area contributed by atoms with Crippen LogP contribution in [0, 0.1) is 12.8 Å². The predicted octanol–water partition coefficient (Wildman–Crippen LogP) is 2.20. The van der Waals surface area contributed by atoms with E-state index in [2.05, 4.69) is 17.2 Å². The molecule has 1 aliphatic heterocycles. The van der Waals surface area contributed by atoms with Gasteiger partial charge in [-0.3, -0.25) is 15.1 Å². The number of carbonyl (C=O) groups excluding carboxylic acids is 1. The summed E-state index contributed by atoms with van der Waals surface area (Å²) >= 11 is 0. The average molecular weight is 279 g/mol. The lowest BCUT2D eigenvalue weighted by molar-refractivity contribution is 0.0924. The fourth-order valence-electron chi connectivity index (χ4n) is 2.94. The summed E-state index contributed by atoms with van der Waals surface area (Å²) in [4.78, 5) is 13.9. The zero-order valence-corrected chi connectivity index (χ0v) is 12.4. The second-order valence-electron chi connectivity index (χ2n) is 5.67. The molecule has 5 heteroatoms. The Balaban J connectivity index is 1.91. The van der Waals surface area contributed by atoms with Gasteiger partial charge in [0.2, 0.25) is 0 Å². The molecule has 0 aliphatic carbocycles. The summed E-state index contributed by atoms with van der Waals surface area (Å²) in [5.74, 6) is 6.73. The number of nitrogens with one attached hydrogen (secondary N) is 1. The molecular formula is C15H25N3O2. The monoisotopic (exact) mass is 279 g/mol. The topological polar surface area (TPSA) is 71.5 Å². The third-order valence-electron chi connectivity index (χ3n) is 4.17. The summed E-state index contributed by atoms with van der Waals surface area (Å²) < 4.78 is 5.45. The number of likely N-dealkylation sites (tertiary alicyclic amines) is 1. The molecule has 112 valence electrons. The van der Waals surface area contributed by atoms with E-state index >= 15 is 0 Å². The summed E-state index contributed by atoms with van der Waals surface area (Å²) in [6.07, 6.45) is 5.18. The predicted molar refractivity (Wildman–Crippen MR) is 78.0 cm³/mol. The maximum Gasteiger partial charge on any atom is 0.300 e. The number of nitrogens with zero attached hydrogens (tertiary/aromatic N) is 1. The smallest absolute Gasteiger partial charge is 0.300 e. The van der Waals surface area contributed by atoms with E-state index in [9.17, 15) is 4.79 Å². The largest absolute Gasteiger partial charge is 0.456 e. The van der Waals surface area contributed by atoms with Crippen LogP contribution < -0.4 is 11.3 Å². The first-order chi connectivity index (χ1) is 9.63. The second-order valence-corrected chi connectivity index (χ2v) is 5.67. The highest BCUT2D eigenvalue weighted by Crippen LogP contribution is 2.24. The zero-order valence-electron chi connectivity index (χ0n) is 12.4. The van der Waals surface area contributed by atoms with E-state index in [0.717, 1.165) is 36.9 Å². The molecule has 0 saturated carbocycles. The summed E-state index contributed by atoms with van der Waals surface area (Å²) in [6, 6.07) is 1.80. The minimum atomic E-state index is -0.374. The number of carbonyl (C=O) groups is 1. The molecule has 1 aromatic rings. The number of hydrazine groups is 1. The first-order valence-electron chi connectivity index (χ1n) is 7.46. The number of nitrogens with two attached hydrogens (primary N) is 1. The van der Waals surface area contributed by atoms with Crippen LogP contribution in [0.3, 0.4) is 0 Å². The van der Waals surface area contributed by atoms with E-state index in [1.165, 1.54) is 25.7 Å². The van der Waals surface area contributed by atoms with Crippen molar-refractivity contribution in [3.63, 3.8) is 0 Å². The Morgan fingerprint density at radius 3 is 2.80 bits per heavy atom. The minimum absolute atomic E-state index is 0.292. The van der Waals surface area contributed by atoms with Gasteiger partial charge in [-0.25, -0.2) is 5.84 Å². The maximum atomic E-state index is 11.4. The van der Waals surface area contributed by atoms with Gasteiger partial charge in [-0.2, -0.15) is 0 Å². The summed E-state index contributed by atoms with van der Waals surface area (Å²) in [5.41, 5.74) is 3.18. The van der Waals surface area contributed by atoms with Crippen LogP contribution in [0.5, 0.6) is 0 Å². The van der Waals surface area contributed by atoms with Crippen LogP contribution in [-0.4, -0.2) is 23.9 Å². The van der Waals surface area contributed by atoms with Crippen molar-refractivity contribution in [3.05, 3.63) is 23.2 Å². The van der Waals surface area contributed by atoms with Crippen LogP contribution >= 0.6 is 0 Å². The third-order valence-corrected chi connectivity index (χ3v) is 4.17. The van der Waals surface area contributed by atoms with Crippen molar-refractivity contribution in [1.29, 1.82) is 0 Å². The lowest BCUT2D eigenvalue weighted by atomic mass is 9.92. The molecule has 3 N–H and O–H groups in total. The number of nitrogen functional groups attached to an aromatic ring is 1. The van der Waals surface area contributed by atoms with Gasteiger partial charge in [0.15, 0.2) is 5.76 Å². The molecule has 20 heavy (non-hydrogen) atoms. The molecule has 0 bridgehead atoms. The van der Waals surface area contributed by atoms with Gasteiger partial charge in [-0.15, -0.1) is 0 Å². The van der Waals surface area contributed by atoms with E-state index < -0.39 is 0 Å². The average Bonchev–Trinajstić information content (AvgIpc) is 2.82. The first-order valence-corrected chi connectivity index (χ1v) is 7.46. The molecule has 0 unspecified atom stereocenters. The number of rotatable bonds is 5. The first kappa shape index (κ1) is 15.1. The van der Waals surface area contributed by atoms with Crippen LogP contribution in [-0.2, 0) is 6.54 Å². The Bertz CT molecular complexity index is 448. The highest BCUT2D eigenvalue weighted by molar-refractivity contribution is 5.91. The molecule has 2 heterocycles. The summed E-state index contributed by atoms with van der Waals surface area (Å²) in [7, 11) is 0. The van der Waals surface area contributed by atoms with Gasteiger partial charge in [-0.1, -0.05) is 19.8 Å². The molecule has 0 aromatic carbocycles. The van der Waals surface area contributed by atoms with Gasteiger partial charge in [0.1, 0.15) is 5.76 Å². The molecule has 0 spiro atoms. The molecule has 5 nitrogen and oxygen atoms in total. The van der Waals surface area contributed by atoms with Crippen molar-refractivity contribution in [1.82, 2.24) is 10.3 Å². The van der Waals surface area contributed by atoms with E-state index in [1.54, 1.807) is 6.07 Å². The van der Waals surface area contributed by atoms with Crippen molar-refractivity contribution in [2.45, 2.75) is 46.1 Å². The molecule has 1 saturated heterocycles. The molecule has 1 amide bonds. The standard InChI is InChI=1S/C15H25N3O2/c1-3-4-12-5-7-18(8-6-12)10-13-9-14(15(19)17-16)20-11(13)2/h9,12H,3-8,10,16H2,1-2H3,(H,17,19). The van der Waals surface area contributed by atoms with Gasteiger partial charge in [0.25, 0.3) is 0 Å². The lowest BCUT2D eigenvalue weighted by Crippen LogP contribution is -2.33. The highest BCUT2D eigenvalue weighted by Gasteiger charge is 2.21. The number of furan rings is 1. The van der Waals surface area contributed by atoms with Crippen LogP contribution in [0.15, 0.2) is 10.5 Å². The number of piperidine rings is 1. The molecule has 1 fully saturated rings. The molecule has 1 aromatic heterocycles. The lowest BCUT2D eigenvalue weighted by Gasteiger charge is -2.31. The molecule has 2 rings (SSSR count). The summed E-state index contributed by atoms with van der Waals surface area (Å²) in [6.45, 7) is 7.27. The van der Waals surface area contributed by atoms with E-state index in [-0.39, 0.29) is 5.91 Å². The second kappa shape index (κ2) is 6.90. The molecule has 0 radical (unpaired) electrons. The third kappa shape index (κ3) is 3.61. The van der Waals surface area contributed by atoms with Crippen molar-refractivity contribution in [3.8, 4) is 0 Å². The zero-order chi connectivity index (χ0) is 14.5. The van der Waals surface area contributed by atoms with Gasteiger partial charge in [0.05, 0.1) is 0 Å². The Labute approximate surface area is 120 Å². The van der Waals surface area contributed by atoms with Gasteiger partial charge < -0.3 is 4.42 Å². The molecule has 0 atom stereocenters. The summed E-state index contributed by atoms with van der Waals surface area (Å²) in [5, 5.41) is 0. The minimum Gasteiger partial charge on any atom is -0.456 e. The fourth-order valence-corrected chi connectivity index (χ4v) is 2.94. The van der Waals surface area contributed by atoms with Crippen LogP contribution in [0.2, 0.25) is 0 Å². The highest BCUT2D eigenvalue weighted by atomic mass is 16.4. The van der Waals surface area contributed by atoms with E-state index in [1.807, 2.05) is 6.92 Å². The van der Waals surface area contributed by atoms with Gasteiger partial charge >= 0.3 is 5.91 Å². The molecular weight excluding hydrogens is 254 g/mol. The maximum absolute atomic E-state index is 11.4. The van der Waals surface area contributed by atoms with Crippen LogP contribution in [0.4, 0.5) is 0 Å². The Morgan fingerprint density at radius 2 is 2.20 bits per heavy atom. The number of hydrogen-bond donors (Lipinski definition) is 2. The normalized spacial score (nSPS) is 17.4. The van der Waals surface area contributed by atoms with Crippen molar-refractivity contribution in [2.24, 2.45) is 11.8 Å². The number of aryl methyl sites for hydroxylation is 1. The number of hydrogen-bond acceptors (Lipinski definition) is 4. The fraction of sp³-hybridized carbons (Fsp3) is 0.667. The van der Waals surface area contributed by atoms with E-state index in [4.69, 9.17) is 10.3 Å². The Morgan fingerprint density at radius 1 is 1.50 bits per heavy atom. The van der Waals surface area contributed by atoms with E-state index in [0.29, 0.717) is 5.76 Å². The Hall–Kier alpha value is -1.33. The van der Waals surface area contributed by atoms with Gasteiger partial charge in [-0.05, 0) is 44.8 Å². The van der Waals surface area contributed by atoms with Crippen LogP contribution in [0.1, 0.15) is 54.5 Å². The van der Waals surface area contributed by atoms with Crippen molar-refractivity contribution >= 4 is 5.91 Å². The van der Waals surface area contributed by atoms with Gasteiger partial charge in [0, 0.05) is 12.1 Å². The van der Waals surface area contributed by atoms with Crippen LogP contribution in [0.25, 0.3) is 0 Å². The quantitative estimate of drug-likeness (QED) is 0.492. The number of amides is 1. The Kier molecular flexibility index (Phi) is 5.20. The van der Waals surface area contributed by atoms with Crippen molar-refractivity contribution < 1.29 is 9.21 Å².